The Kier molecular flexibility index (Phi) is 19.9. The number of unbranched alkanes of at least 4 members (excludes halogenated alkanes) is 1. The Hall–Kier alpha value is 1.30. The van der Waals surface area contributed by atoms with Crippen molar-refractivity contribution >= 4 is 34.5 Å². The SMILES string of the molecule is CC(C)[CH2][Al]([CH2]C(C)C)[CH2]C(C)C.CCC[CH2][Mg][CH](C)CC. The first-order valence-electron chi connectivity index (χ1n) is 10.2. The summed E-state index contributed by atoms with van der Waals surface area (Å²) in [6.45, 7) is 21.3. The van der Waals surface area contributed by atoms with Crippen LogP contribution in [0.2, 0.25) is 24.4 Å². The third-order valence-corrected chi connectivity index (χ3v) is 11.7. The van der Waals surface area contributed by atoms with Crippen LogP contribution in [0.5, 0.6) is 0 Å². The second-order valence-corrected chi connectivity index (χ2v) is 14.6. The molecule has 130 valence electrons. The third kappa shape index (κ3) is 21.3. The molecule has 0 nitrogen and oxygen atoms in total. The first-order valence-corrected chi connectivity index (χ1v) is 14.5. The lowest BCUT2D eigenvalue weighted by Crippen LogP contribution is -2.19. The van der Waals surface area contributed by atoms with Crippen LogP contribution in [0.4, 0.5) is 0 Å². The molecule has 1 unspecified atom stereocenters. The molecule has 0 aliphatic heterocycles. The molecule has 0 aromatic rings. The van der Waals surface area contributed by atoms with E-state index in [4.69, 9.17) is 0 Å². The van der Waals surface area contributed by atoms with E-state index in [1.807, 2.05) is 0 Å². The van der Waals surface area contributed by atoms with Gasteiger partial charge in [-0.1, -0.05) is 115 Å². The van der Waals surface area contributed by atoms with E-state index < -0.39 is 14.1 Å². The summed E-state index contributed by atoms with van der Waals surface area (Å²) >= 11 is -0.0827. The molecule has 0 rings (SSSR count). The molecule has 0 aromatic heterocycles. The molecule has 0 heterocycles. The van der Waals surface area contributed by atoms with E-state index >= 15 is 0 Å². The van der Waals surface area contributed by atoms with Gasteiger partial charge in [-0.2, -0.15) is 0 Å². The molecule has 0 amide bonds. The molecule has 22 heavy (non-hydrogen) atoms. The van der Waals surface area contributed by atoms with E-state index in [1.165, 1.54) is 19.3 Å². The molecular formula is C20H45AlMg. The third-order valence-electron chi connectivity index (χ3n) is 4.41. The smallest absolute Gasteiger partial charge is 0.145 e. The Morgan fingerprint density at radius 3 is 1.41 bits per heavy atom. The van der Waals surface area contributed by atoms with Gasteiger partial charge in [0.05, 0.1) is 0 Å². The largest absolute Gasteiger partial charge is 0.368 e. The molecular weight excluding hydrogens is 292 g/mol. The van der Waals surface area contributed by atoms with Gasteiger partial charge in [0.15, 0.2) is 0 Å². The van der Waals surface area contributed by atoms with Gasteiger partial charge in [-0.3, -0.25) is 0 Å². The van der Waals surface area contributed by atoms with Crippen LogP contribution in [0.3, 0.4) is 0 Å². The maximum absolute atomic E-state index is 2.40. The maximum Gasteiger partial charge on any atom is 0.368 e. The molecule has 0 spiro atoms. The molecule has 0 N–H and O–H groups in total. The van der Waals surface area contributed by atoms with Crippen molar-refractivity contribution in [1.82, 2.24) is 0 Å². The standard InChI is InChI=1S/5C4H9.Al.Mg/c3*1-4(2)3;2*1-3-4-2;;/h3*4H,1H2,2-3H3;3H,4H2,1-2H3;1,3-4H2,2H3;;. The highest BCUT2D eigenvalue weighted by molar-refractivity contribution is 6.58. The lowest BCUT2D eigenvalue weighted by Gasteiger charge is -2.17. The monoisotopic (exact) mass is 336 g/mol. The van der Waals surface area contributed by atoms with Crippen LogP contribution in [0, 0.1) is 17.8 Å². The summed E-state index contributed by atoms with van der Waals surface area (Å²) in [7, 11) is 0. The fourth-order valence-corrected chi connectivity index (χ4v) is 9.71. The summed E-state index contributed by atoms with van der Waals surface area (Å²) in [5.41, 5.74) is 0. The first kappa shape index (κ1) is 25.5. The molecule has 0 saturated carbocycles. The molecule has 0 aliphatic carbocycles. The van der Waals surface area contributed by atoms with Crippen LogP contribution in [0.15, 0.2) is 0 Å². The van der Waals surface area contributed by atoms with Crippen molar-refractivity contribution in [3.63, 3.8) is 0 Å². The second-order valence-electron chi connectivity index (χ2n) is 8.76. The van der Waals surface area contributed by atoms with Gasteiger partial charge in [0.25, 0.3) is 14.1 Å². The zero-order valence-electron chi connectivity index (χ0n) is 17.5. The number of hydrogen-bond donors (Lipinski definition) is 0. The lowest BCUT2D eigenvalue weighted by atomic mass is 10.2. The minimum Gasteiger partial charge on any atom is -0.145 e. The van der Waals surface area contributed by atoms with Crippen molar-refractivity contribution in [3.8, 4) is 0 Å². The molecule has 2 heteroatoms. The van der Waals surface area contributed by atoms with Gasteiger partial charge in [0, 0.05) is 0 Å². The zero-order chi connectivity index (χ0) is 17.5. The lowest BCUT2D eigenvalue weighted by molar-refractivity contribution is 0.659. The van der Waals surface area contributed by atoms with Crippen molar-refractivity contribution < 1.29 is 0 Å². The Labute approximate surface area is 157 Å². The summed E-state index contributed by atoms with van der Waals surface area (Å²) < 4.78 is 2.67. The van der Waals surface area contributed by atoms with Crippen LogP contribution in [-0.2, 0) is 0 Å². The summed E-state index contributed by atoms with van der Waals surface area (Å²) in [6.07, 6.45) is 4.29. The van der Waals surface area contributed by atoms with Crippen LogP contribution in [0.25, 0.3) is 0 Å². The number of rotatable bonds is 11. The van der Waals surface area contributed by atoms with E-state index in [9.17, 15) is 0 Å². The zero-order valence-corrected chi connectivity index (χ0v) is 20.1. The van der Waals surface area contributed by atoms with Gasteiger partial charge >= 0.3 is 20.4 Å². The Balaban J connectivity index is 0. The molecule has 0 radical (unpaired) electrons. The van der Waals surface area contributed by atoms with Crippen molar-refractivity contribution in [2.24, 2.45) is 17.8 Å². The maximum atomic E-state index is 2.40. The molecule has 0 saturated heterocycles. The quantitative estimate of drug-likeness (QED) is 0.269. The summed E-state index contributed by atoms with van der Waals surface area (Å²) in [5.74, 6) is 2.78. The predicted octanol–water partition coefficient (Wildman–Crippen LogP) is 7.58. The highest BCUT2D eigenvalue weighted by atomic mass is 27.2. The van der Waals surface area contributed by atoms with E-state index in [-0.39, 0.29) is 0 Å². The average molecular weight is 337 g/mol. The summed E-state index contributed by atoms with van der Waals surface area (Å²) in [5, 5.41) is 4.66. The van der Waals surface area contributed by atoms with Crippen LogP contribution in [0.1, 0.15) is 81.6 Å². The minimum atomic E-state index is -0.407. The first-order chi connectivity index (χ1) is 10.2. The van der Waals surface area contributed by atoms with E-state index in [0.717, 1.165) is 21.8 Å². The van der Waals surface area contributed by atoms with Gasteiger partial charge in [-0.05, 0) is 0 Å². The Morgan fingerprint density at radius 2 is 1.14 bits per heavy atom. The van der Waals surface area contributed by atoms with Gasteiger partial charge in [0.2, 0.25) is 0 Å². The van der Waals surface area contributed by atoms with Gasteiger partial charge in [-0.25, -0.2) is 0 Å². The van der Waals surface area contributed by atoms with E-state index in [1.54, 1.807) is 20.4 Å². The van der Waals surface area contributed by atoms with Crippen molar-refractivity contribution in [1.29, 1.82) is 0 Å². The highest BCUT2D eigenvalue weighted by Crippen LogP contribution is 2.21. The fourth-order valence-electron chi connectivity index (χ4n) is 3.24. The summed E-state index contributed by atoms with van der Waals surface area (Å²) in [6, 6.07) is 0. The fraction of sp³-hybridized carbons (Fsp3) is 1.00. The van der Waals surface area contributed by atoms with Gasteiger partial charge in [-0.15, -0.1) is 8.60 Å². The van der Waals surface area contributed by atoms with E-state index in [0.29, 0.717) is 20.4 Å². The molecule has 0 bridgehead atoms. The average Bonchev–Trinajstić information content (AvgIpc) is 2.37. The molecule has 1 atom stereocenters. The Morgan fingerprint density at radius 1 is 0.727 bits per heavy atom. The van der Waals surface area contributed by atoms with E-state index in [2.05, 4.69) is 62.3 Å². The van der Waals surface area contributed by atoms with Crippen LogP contribution >= 0.6 is 0 Å². The van der Waals surface area contributed by atoms with Crippen molar-refractivity contribution in [2.75, 3.05) is 0 Å². The highest BCUT2D eigenvalue weighted by Gasteiger charge is 2.20. The second kappa shape index (κ2) is 17.1. The van der Waals surface area contributed by atoms with Gasteiger partial charge < -0.3 is 0 Å². The predicted molar refractivity (Wildman–Crippen MR) is 110 cm³/mol. The van der Waals surface area contributed by atoms with Crippen LogP contribution in [-0.4, -0.2) is 34.5 Å². The van der Waals surface area contributed by atoms with Gasteiger partial charge in [0.1, 0.15) is 0 Å². The van der Waals surface area contributed by atoms with Crippen molar-refractivity contribution in [2.45, 2.75) is 106 Å². The molecule has 0 fully saturated rings. The molecule has 0 aliphatic rings. The van der Waals surface area contributed by atoms with Crippen LogP contribution < -0.4 is 0 Å². The number of hydrogen-bond acceptors (Lipinski definition) is 0. The normalized spacial score (nSPS) is 12.2. The van der Waals surface area contributed by atoms with Crippen molar-refractivity contribution in [3.05, 3.63) is 0 Å². The topological polar surface area (TPSA) is 0 Å². The molecule has 0 aromatic carbocycles. The Bertz CT molecular complexity index is 190. The minimum absolute atomic E-state index is 0.325. The summed E-state index contributed by atoms with van der Waals surface area (Å²) in [4.78, 5) is 0.